The number of nitrogens with one attached hydrogen (secondary N) is 1. The highest BCUT2D eigenvalue weighted by Gasteiger charge is 1.97. The number of carbonyl (C=O) groups is 1. The summed E-state index contributed by atoms with van der Waals surface area (Å²) >= 11 is 0. The summed E-state index contributed by atoms with van der Waals surface area (Å²) in [7, 11) is 0. The molecule has 0 fully saturated rings. The number of rotatable bonds is 14. The van der Waals surface area contributed by atoms with Gasteiger partial charge in [0, 0.05) is 6.42 Å². The third kappa shape index (κ3) is 16.7. The molecule has 0 unspecified atom stereocenters. The molecule has 1 N–H and O–H groups in total. The van der Waals surface area contributed by atoms with Crippen LogP contribution >= 0.6 is 0 Å². The van der Waals surface area contributed by atoms with Gasteiger partial charge in [-0.1, -0.05) is 63.3 Å². The van der Waals surface area contributed by atoms with Gasteiger partial charge in [-0.2, -0.15) is 0 Å². The predicted octanol–water partition coefficient (Wildman–Crippen LogP) is 6.36. The maximum Gasteiger partial charge on any atom is 0.264 e. The van der Waals surface area contributed by atoms with Gasteiger partial charge < -0.3 is 0 Å². The highest BCUT2D eigenvalue weighted by Crippen LogP contribution is 2.08. The fourth-order valence-corrected chi connectivity index (χ4v) is 2.14. The van der Waals surface area contributed by atoms with Crippen molar-refractivity contribution in [3.8, 4) is 0 Å². The number of unbranched alkanes of at least 4 members (excludes halogenated alkanes) is 8. The van der Waals surface area contributed by atoms with E-state index >= 15 is 0 Å². The topological polar surface area (TPSA) is 53.3 Å². The average Bonchev–Trinajstić information content (AvgIpc) is 2.50. The van der Waals surface area contributed by atoms with Crippen LogP contribution in [-0.2, 0) is 4.79 Å². The van der Waals surface area contributed by atoms with Gasteiger partial charge in [0.2, 0.25) is 0 Å². The predicted molar refractivity (Wildman–Crippen MR) is 89.5 cm³/mol. The second-order valence-corrected chi connectivity index (χ2v) is 5.49. The molecule has 0 radical (unpaired) electrons. The van der Waals surface area contributed by atoms with Gasteiger partial charge >= 0.3 is 0 Å². The summed E-state index contributed by atoms with van der Waals surface area (Å²) in [6.07, 6.45) is 22.5. The van der Waals surface area contributed by atoms with Crippen molar-refractivity contribution >= 4 is 5.91 Å². The van der Waals surface area contributed by atoms with Crippen LogP contribution in [0, 0.1) is 5.53 Å². The van der Waals surface area contributed by atoms with Crippen molar-refractivity contribution in [3.05, 3.63) is 24.3 Å². The summed E-state index contributed by atoms with van der Waals surface area (Å²) in [5.74, 6) is -0.291. The highest BCUT2D eigenvalue weighted by molar-refractivity contribution is 5.75. The number of nitrogens with zero attached hydrogens (tertiary/aromatic N) is 1. The van der Waals surface area contributed by atoms with E-state index in [-0.39, 0.29) is 5.91 Å². The van der Waals surface area contributed by atoms with Crippen molar-refractivity contribution in [1.29, 1.82) is 5.53 Å². The van der Waals surface area contributed by atoms with Crippen LogP contribution in [0.3, 0.4) is 0 Å². The van der Waals surface area contributed by atoms with E-state index in [1.807, 2.05) is 0 Å². The summed E-state index contributed by atoms with van der Waals surface area (Å²) in [6.45, 7) is 2.24. The van der Waals surface area contributed by atoms with E-state index in [0.717, 1.165) is 25.7 Å². The van der Waals surface area contributed by atoms with Crippen molar-refractivity contribution in [2.24, 2.45) is 5.11 Å². The highest BCUT2D eigenvalue weighted by atomic mass is 16.1. The molecule has 0 aliphatic rings. The Hall–Kier alpha value is -1.25. The van der Waals surface area contributed by atoms with Crippen LogP contribution < -0.4 is 0 Å². The molecule has 0 bridgehead atoms. The lowest BCUT2D eigenvalue weighted by Crippen LogP contribution is -1.90. The lowest BCUT2D eigenvalue weighted by atomic mass is 10.1. The van der Waals surface area contributed by atoms with Crippen molar-refractivity contribution in [2.75, 3.05) is 0 Å². The van der Waals surface area contributed by atoms with Crippen molar-refractivity contribution in [1.82, 2.24) is 0 Å². The summed E-state index contributed by atoms with van der Waals surface area (Å²) in [5, 5.41) is 2.89. The molecule has 0 aromatic carbocycles. The fourth-order valence-electron chi connectivity index (χ4n) is 2.14. The van der Waals surface area contributed by atoms with Gasteiger partial charge in [0.1, 0.15) is 0 Å². The van der Waals surface area contributed by atoms with E-state index < -0.39 is 0 Å². The normalized spacial score (nSPS) is 11.5. The largest absolute Gasteiger partial charge is 0.271 e. The van der Waals surface area contributed by atoms with Crippen LogP contribution in [0.2, 0.25) is 0 Å². The summed E-state index contributed by atoms with van der Waals surface area (Å²) in [5.41, 5.74) is 6.55. The molecule has 0 aromatic heterocycles. The monoisotopic (exact) mass is 292 g/mol. The number of amides is 1. The molecule has 0 atom stereocenters. The Morgan fingerprint density at radius 3 is 2.05 bits per heavy atom. The average molecular weight is 292 g/mol. The van der Waals surface area contributed by atoms with Gasteiger partial charge in [-0.05, 0) is 38.5 Å². The Kier molecular flexibility index (Phi) is 15.8. The van der Waals surface area contributed by atoms with Gasteiger partial charge in [-0.3, -0.25) is 4.79 Å². The first kappa shape index (κ1) is 19.8. The fraction of sp³-hybridized carbons (Fsp3) is 0.722. The maximum absolute atomic E-state index is 10.8. The zero-order valence-electron chi connectivity index (χ0n) is 13.7. The molecule has 0 aliphatic carbocycles. The van der Waals surface area contributed by atoms with E-state index in [2.05, 4.69) is 36.3 Å². The Morgan fingerprint density at radius 1 is 0.857 bits per heavy atom. The Balaban J connectivity index is 3.21. The lowest BCUT2D eigenvalue weighted by Gasteiger charge is -1.98. The number of hydrogen-bond acceptors (Lipinski definition) is 2. The molecule has 120 valence electrons. The van der Waals surface area contributed by atoms with E-state index in [9.17, 15) is 4.79 Å². The van der Waals surface area contributed by atoms with E-state index in [0.29, 0.717) is 6.42 Å². The molecule has 0 saturated heterocycles. The van der Waals surface area contributed by atoms with Gasteiger partial charge in [0.05, 0.1) is 0 Å². The smallest absolute Gasteiger partial charge is 0.264 e. The van der Waals surface area contributed by atoms with Crippen molar-refractivity contribution < 1.29 is 4.79 Å². The number of carbonyl (C=O) groups excluding carboxylic acids is 1. The van der Waals surface area contributed by atoms with Crippen LogP contribution in [0.15, 0.2) is 29.4 Å². The molecule has 3 heteroatoms. The molecular formula is C18H32N2O. The molecule has 1 amide bonds. The lowest BCUT2D eigenvalue weighted by molar-refractivity contribution is -0.118. The Morgan fingerprint density at radius 2 is 1.43 bits per heavy atom. The SMILES string of the molecule is CCCCC/C=C\C/C=C\CCCCCCCC(=O)N=N. The molecule has 0 rings (SSSR count). The minimum atomic E-state index is -0.291. The van der Waals surface area contributed by atoms with Gasteiger partial charge in [-0.25, -0.2) is 5.53 Å². The van der Waals surface area contributed by atoms with E-state index in [4.69, 9.17) is 5.53 Å². The maximum atomic E-state index is 10.8. The van der Waals surface area contributed by atoms with Gasteiger partial charge in [0.25, 0.3) is 5.91 Å². The second kappa shape index (κ2) is 16.8. The van der Waals surface area contributed by atoms with Crippen LogP contribution in [0.5, 0.6) is 0 Å². The minimum absolute atomic E-state index is 0.291. The van der Waals surface area contributed by atoms with Crippen LogP contribution in [-0.4, -0.2) is 5.91 Å². The third-order valence-corrected chi connectivity index (χ3v) is 3.47. The first-order valence-electron chi connectivity index (χ1n) is 8.51. The summed E-state index contributed by atoms with van der Waals surface area (Å²) in [4.78, 5) is 10.8. The molecule has 0 heterocycles. The van der Waals surface area contributed by atoms with Gasteiger partial charge in [-0.15, -0.1) is 5.11 Å². The van der Waals surface area contributed by atoms with E-state index in [1.165, 1.54) is 44.9 Å². The number of allylic oxidation sites excluding steroid dienone is 4. The van der Waals surface area contributed by atoms with Crippen molar-refractivity contribution in [3.63, 3.8) is 0 Å². The molecule has 0 saturated carbocycles. The second-order valence-electron chi connectivity index (χ2n) is 5.49. The Bertz CT molecular complexity index is 308. The molecule has 0 spiro atoms. The minimum Gasteiger partial charge on any atom is -0.271 e. The number of hydrogen-bond donors (Lipinski definition) is 1. The molecule has 0 aliphatic heterocycles. The van der Waals surface area contributed by atoms with Crippen LogP contribution in [0.1, 0.15) is 84.0 Å². The summed E-state index contributed by atoms with van der Waals surface area (Å²) in [6, 6.07) is 0. The zero-order chi connectivity index (χ0) is 15.6. The van der Waals surface area contributed by atoms with E-state index in [1.54, 1.807) is 0 Å². The standard InChI is InChI=1S/C18H32N2O/c1-2-3-4-5-6-7-8-9-10-11-12-13-14-15-16-17-18(21)20-19/h6-7,9-10,19H,2-5,8,11-17H2,1H3/b7-6-,10-9-,20-19?. The zero-order valence-corrected chi connectivity index (χ0v) is 13.7. The third-order valence-electron chi connectivity index (χ3n) is 3.47. The molecule has 0 aromatic rings. The Labute approximate surface area is 130 Å². The van der Waals surface area contributed by atoms with Crippen LogP contribution in [0.25, 0.3) is 0 Å². The van der Waals surface area contributed by atoms with Gasteiger partial charge in [0.15, 0.2) is 0 Å². The summed E-state index contributed by atoms with van der Waals surface area (Å²) < 4.78 is 0. The van der Waals surface area contributed by atoms with Crippen LogP contribution in [0.4, 0.5) is 0 Å². The van der Waals surface area contributed by atoms with Crippen molar-refractivity contribution in [2.45, 2.75) is 84.0 Å². The first-order valence-corrected chi connectivity index (χ1v) is 8.51. The quantitative estimate of drug-likeness (QED) is 0.226. The molecule has 3 nitrogen and oxygen atoms in total. The first-order chi connectivity index (χ1) is 10.3. The molecule has 21 heavy (non-hydrogen) atoms. The molecular weight excluding hydrogens is 260 g/mol.